The molecular formula is C28H31N3O4. The lowest BCUT2D eigenvalue weighted by atomic mass is 10.2. The van der Waals surface area contributed by atoms with Crippen molar-refractivity contribution in [3.63, 3.8) is 0 Å². The summed E-state index contributed by atoms with van der Waals surface area (Å²) >= 11 is 0. The van der Waals surface area contributed by atoms with Gasteiger partial charge in [0.05, 0.1) is 6.26 Å². The molecule has 0 bridgehead atoms. The van der Waals surface area contributed by atoms with Gasteiger partial charge in [-0.3, -0.25) is 5.32 Å². The maximum Gasteiger partial charge on any atom is 0.285 e. The number of benzene rings is 3. The van der Waals surface area contributed by atoms with Crippen LogP contribution in [0.2, 0.25) is 0 Å². The van der Waals surface area contributed by atoms with Crippen molar-refractivity contribution in [2.24, 2.45) is 0 Å². The minimum absolute atomic E-state index is 0.312. The summed E-state index contributed by atoms with van der Waals surface area (Å²) in [6.07, 6.45) is 1.58. The van der Waals surface area contributed by atoms with E-state index in [-0.39, 0.29) is 0 Å². The van der Waals surface area contributed by atoms with E-state index < -0.39 is 0 Å². The molecule has 0 radical (unpaired) electrons. The van der Waals surface area contributed by atoms with Crippen LogP contribution in [0.3, 0.4) is 0 Å². The van der Waals surface area contributed by atoms with Crippen LogP contribution in [0.1, 0.15) is 5.56 Å². The zero-order valence-electron chi connectivity index (χ0n) is 20.5. The number of anilines is 2. The van der Waals surface area contributed by atoms with Crippen molar-refractivity contribution in [3.8, 4) is 28.9 Å². The van der Waals surface area contributed by atoms with Crippen LogP contribution < -0.4 is 29.3 Å². The normalized spacial score (nSPS) is 10.6. The van der Waals surface area contributed by atoms with E-state index in [4.69, 9.17) is 18.6 Å². The van der Waals surface area contributed by atoms with E-state index in [0.29, 0.717) is 30.7 Å². The fourth-order valence-corrected chi connectivity index (χ4v) is 3.41. The first kappa shape index (κ1) is 24.0. The molecule has 4 aromatic rings. The molecule has 0 saturated heterocycles. The topological polar surface area (TPSA) is 59.3 Å². The molecule has 0 amide bonds. The van der Waals surface area contributed by atoms with Gasteiger partial charge in [-0.15, -0.1) is 0 Å². The molecule has 1 heterocycles. The van der Waals surface area contributed by atoms with E-state index in [1.54, 1.807) is 18.4 Å². The average molecular weight is 474 g/mol. The fraction of sp³-hybridized carbons (Fsp3) is 0.214. The van der Waals surface area contributed by atoms with Gasteiger partial charge in [-0.05, 0) is 72.3 Å². The molecule has 0 spiro atoms. The highest BCUT2D eigenvalue weighted by Crippen LogP contribution is 2.31. The number of hydrogen-bond donors (Lipinski definition) is 1. The van der Waals surface area contributed by atoms with Crippen LogP contribution in [0.15, 0.2) is 89.5 Å². The number of hydrogen-bond acceptors (Lipinski definition) is 7. The molecule has 4 rings (SSSR count). The molecule has 0 atom stereocenters. The first-order valence-electron chi connectivity index (χ1n) is 11.4. The standard InChI is InChI=1S/C28H31N3O4/c1-30(2)22-7-11-24(12-8-22)34-26-16-21(19-29-20-33-28-6-5-15-32-28)17-27(18-26)35-25-13-9-23(10-14-25)31(3)4/h5-18,29H,19-20H2,1-4H3. The molecule has 0 unspecified atom stereocenters. The highest BCUT2D eigenvalue weighted by Gasteiger charge is 2.08. The van der Waals surface area contributed by atoms with Gasteiger partial charge in [0.2, 0.25) is 0 Å². The van der Waals surface area contributed by atoms with Gasteiger partial charge < -0.3 is 28.4 Å². The van der Waals surface area contributed by atoms with Crippen molar-refractivity contribution in [1.29, 1.82) is 0 Å². The third-order valence-corrected chi connectivity index (χ3v) is 5.26. The molecule has 7 nitrogen and oxygen atoms in total. The lowest BCUT2D eigenvalue weighted by Gasteiger charge is -2.15. The van der Waals surface area contributed by atoms with E-state index >= 15 is 0 Å². The minimum Gasteiger partial charge on any atom is -0.457 e. The Morgan fingerprint density at radius 3 is 1.69 bits per heavy atom. The molecule has 0 aliphatic heterocycles. The van der Waals surface area contributed by atoms with Gasteiger partial charge in [0.15, 0.2) is 0 Å². The summed E-state index contributed by atoms with van der Waals surface area (Å²) in [6, 6.07) is 25.3. The Bertz CT molecular complexity index is 1120. The minimum atomic E-state index is 0.312. The quantitative estimate of drug-likeness (QED) is 0.208. The lowest BCUT2D eigenvalue weighted by molar-refractivity contribution is 0.220. The highest BCUT2D eigenvalue weighted by molar-refractivity contribution is 5.50. The van der Waals surface area contributed by atoms with Crippen molar-refractivity contribution in [1.82, 2.24) is 5.32 Å². The Balaban J connectivity index is 1.49. The molecule has 1 aromatic heterocycles. The maximum absolute atomic E-state index is 6.17. The second kappa shape index (κ2) is 11.4. The summed E-state index contributed by atoms with van der Waals surface area (Å²) in [5.74, 6) is 3.36. The summed E-state index contributed by atoms with van der Waals surface area (Å²) < 4.78 is 23.1. The summed E-state index contributed by atoms with van der Waals surface area (Å²) in [5.41, 5.74) is 3.21. The van der Waals surface area contributed by atoms with Crippen LogP contribution >= 0.6 is 0 Å². The largest absolute Gasteiger partial charge is 0.457 e. The van der Waals surface area contributed by atoms with E-state index in [1.807, 2.05) is 105 Å². The van der Waals surface area contributed by atoms with E-state index in [2.05, 4.69) is 5.32 Å². The van der Waals surface area contributed by atoms with Gasteiger partial charge in [-0.25, -0.2) is 0 Å². The first-order chi connectivity index (χ1) is 17.0. The summed E-state index contributed by atoms with van der Waals surface area (Å²) in [5, 5.41) is 3.26. The number of nitrogens with one attached hydrogen (secondary N) is 1. The predicted octanol–water partition coefficient (Wildman–Crippen LogP) is 6.12. The van der Waals surface area contributed by atoms with Gasteiger partial charge in [-0.1, -0.05) is 0 Å². The summed E-state index contributed by atoms with van der Waals surface area (Å²) in [4.78, 5) is 4.10. The Hall–Kier alpha value is -4.10. The third-order valence-electron chi connectivity index (χ3n) is 5.26. The Kier molecular flexibility index (Phi) is 7.80. The number of furan rings is 1. The Labute approximate surface area is 206 Å². The van der Waals surface area contributed by atoms with Crippen LogP contribution in [0.5, 0.6) is 28.9 Å². The zero-order chi connectivity index (χ0) is 24.6. The Morgan fingerprint density at radius 2 is 1.23 bits per heavy atom. The molecular weight excluding hydrogens is 442 g/mol. The molecule has 0 saturated carbocycles. The van der Waals surface area contributed by atoms with Gasteiger partial charge in [0, 0.05) is 58.2 Å². The molecule has 0 aliphatic rings. The van der Waals surface area contributed by atoms with Gasteiger partial charge in [0.1, 0.15) is 29.7 Å². The van der Waals surface area contributed by atoms with Crippen molar-refractivity contribution < 1.29 is 18.6 Å². The Morgan fingerprint density at radius 1 is 0.686 bits per heavy atom. The van der Waals surface area contributed by atoms with Crippen molar-refractivity contribution in [3.05, 3.63) is 90.7 Å². The molecule has 35 heavy (non-hydrogen) atoms. The molecule has 7 heteroatoms. The average Bonchev–Trinajstić information content (AvgIpc) is 3.36. The predicted molar refractivity (Wildman–Crippen MR) is 139 cm³/mol. The number of ether oxygens (including phenoxy) is 3. The highest BCUT2D eigenvalue weighted by atomic mass is 16.6. The fourth-order valence-electron chi connectivity index (χ4n) is 3.41. The molecule has 1 N–H and O–H groups in total. The third kappa shape index (κ3) is 6.94. The molecule has 3 aromatic carbocycles. The number of rotatable bonds is 11. The van der Waals surface area contributed by atoms with Crippen LogP contribution in [0.25, 0.3) is 0 Å². The number of nitrogens with zero attached hydrogens (tertiary/aromatic N) is 2. The second-order valence-corrected chi connectivity index (χ2v) is 8.44. The van der Waals surface area contributed by atoms with Crippen LogP contribution in [0, 0.1) is 0 Å². The van der Waals surface area contributed by atoms with Crippen LogP contribution in [-0.2, 0) is 6.54 Å². The van der Waals surface area contributed by atoms with E-state index in [1.165, 1.54) is 0 Å². The van der Waals surface area contributed by atoms with Crippen molar-refractivity contribution in [2.45, 2.75) is 6.54 Å². The monoisotopic (exact) mass is 473 g/mol. The molecule has 182 valence electrons. The van der Waals surface area contributed by atoms with Crippen molar-refractivity contribution >= 4 is 11.4 Å². The zero-order valence-corrected chi connectivity index (χ0v) is 20.5. The molecule has 0 aliphatic carbocycles. The molecule has 0 fully saturated rings. The van der Waals surface area contributed by atoms with Gasteiger partial charge >= 0.3 is 0 Å². The first-order valence-corrected chi connectivity index (χ1v) is 11.4. The smallest absolute Gasteiger partial charge is 0.285 e. The van der Waals surface area contributed by atoms with Gasteiger partial charge in [-0.2, -0.15) is 0 Å². The van der Waals surface area contributed by atoms with Crippen LogP contribution in [0.4, 0.5) is 11.4 Å². The van der Waals surface area contributed by atoms with E-state index in [0.717, 1.165) is 28.4 Å². The van der Waals surface area contributed by atoms with Crippen LogP contribution in [-0.4, -0.2) is 34.9 Å². The summed E-state index contributed by atoms with van der Waals surface area (Å²) in [7, 11) is 8.04. The van der Waals surface area contributed by atoms with E-state index in [9.17, 15) is 0 Å². The summed E-state index contributed by atoms with van der Waals surface area (Å²) in [6.45, 7) is 0.875. The lowest BCUT2D eigenvalue weighted by Crippen LogP contribution is -2.19. The van der Waals surface area contributed by atoms with Crippen molar-refractivity contribution in [2.75, 3.05) is 44.7 Å². The SMILES string of the molecule is CN(C)c1ccc(Oc2cc(CNCOc3ccco3)cc(Oc3ccc(N(C)C)cc3)c2)cc1. The van der Waals surface area contributed by atoms with Gasteiger partial charge in [0.25, 0.3) is 5.95 Å². The maximum atomic E-state index is 6.17. The second-order valence-electron chi connectivity index (χ2n) is 8.44.